The van der Waals surface area contributed by atoms with Crippen molar-refractivity contribution in [3.8, 4) is 0 Å². The van der Waals surface area contributed by atoms with E-state index in [2.05, 4.69) is 10.4 Å². The van der Waals surface area contributed by atoms with Crippen LogP contribution in [0.25, 0.3) is 0 Å². The van der Waals surface area contributed by atoms with Crippen molar-refractivity contribution in [3.05, 3.63) is 6.20 Å². The van der Waals surface area contributed by atoms with Gasteiger partial charge in [0.2, 0.25) is 0 Å². The van der Waals surface area contributed by atoms with Crippen LogP contribution in [0.2, 0.25) is 0 Å². The molecule has 0 spiro atoms. The minimum Gasteiger partial charge on any atom is -0.396 e. The molecule has 0 bridgehead atoms. The number of nitrogens with one attached hydrogen (secondary N) is 1. The Morgan fingerprint density at radius 2 is 2.20 bits per heavy atom. The zero-order valence-electron chi connectivity index (χ0n) is 9.57. The van der Waals surface area contributed by atoms with Gasteiger partial charge in [-0.15, -0.1) is 0 Å². The molecule has 4 N–H and O–H groups in total. The summed E-state index contributed by atoms with van der Waals surface area (Å²) in [7, 11) is 0. The van der Waals surface area contributed by atoms with Crippen molar-refractivity contribution in [2.75, 3.05) is 17.7 Å². The van der Waals surface area contributed by atoms with Gasteiger partial charge < -0.3 is 16.2 Å². The van der Waals surface area contributed by atoms with Gasteiger partial charge in [0, 0.05) is 19.2 Å². The van der Waals surface area contributed by atoms with Gasteiger partial charge in [-0.05, 0) is 19.8 Å². The van der Waals surface area contributed by atoms with Crippen LogP contribution in [-0.2, 0) is 6.54 Å². The number of aliphatic hydroxyl groups excluding tert-OH is 1. The lowest BCUT2D eigenvalue weighted by Crippen LogP contribution is -2.19. The summed E-state index contributed by atoms with van der Waals surface area (Å²) >= 11 is 0. The molecule has 0 saturated carbocycles. The maximum Gasteiger partial charge on any atom is 0.147 e. The Morgan fingerprint density at radius 3 is 2.73 bits per heavy atom. The Hall–Kier alpha value is -1.23. The van der Waals surface area contributed by atoms with Gasteiger partial charge in [0.05, 0.1) is 11.9 Å². The van der Waals surface area contributed by atoms with Gasteiger partial charge in [-0.25, -0.2) is 4.68 Å². The van der Waals surface area contributed by atoms with Crippen molar-refractivity contribution in [2.45, 2.75) is 33.4 Å². The normalized spacial score (nSPS) is 13.1. The van der Waals surface area contributed by atoms with Gasteiger partial charge in [-0.2, -0.15) is 5.10 Å². The second kappa shape index (κ2) is 5.02. The average molecular weight is 212 g/mol. The molecule has 5 heteroatoms. The lowest BCUT2D eigenvalue weighted by Gasteiger charge is -2.15. The van der Waals surface area contributed by atoms with Crippen molar-refractivity contribution in [1.82, 2.24) is 9.78 Å². The van der Waals surface area contributed by atoms with E-state index < -0.39 is 0 Å². The number of aliphatic hydroxyl groups is 1. The molecule has 1 aromatic rings. The first-order valence-electron chi connectivity index (χ1n) is 5.23. The molecule has 1 aromatic heterocycles. The predicted molar refractivity (Wildman–Crippen MR) is 61.6 cm³/mol. The molecule has 0 fully saturated rings. The van der Waals surface area contributed by atoms with Crippen LogP contribution in [0.3, 0.4) is 0 Å². The van der Waals surface area contributed by atoms with Gasteiger partial charge in [0.1, 0.15) is 5.82 Å². The Morgan fingerprint density at radius 1 is 1.53 bits per heavy atom. The van der Waals surface area contributed by atoms with Gasteiger partial charge in [-0.1, -0.05) is 6.92 Å². The highest BCUT2D eigenvalue weighted by Gasteiger charge is 2.11. The molecular weight excluding hydrogens is 192 g/mol. The molecule has 1 heterocycles. The van der Waals surface area contributed by atoms with E-state index in [0.29, 0.717) is 18.3 Å². The number of aromatic nitrogens is 2. The van der Waals surface area contributed by atoms with Crippen LogP contribution in [0, 0.1) is 5.92 Å². The Balaban J connectivity index is 2.78. The predicted octanol–water partition coefficient (Wildman–Crippen LogP) is 0.914. The summed E-state index contributed by atoms with van der Waals surface area (Å²) in [5.74, 6) is 1.02. The monoisotopic (exact) mass is 212 g/mol. The van der Waals surface area contributed by atoms with E-state index in [1.165, 1.54) is 0 Å². The number of nitrogens with zero attached hydrogens (tertiary/aromatic N) is 2. The number of hydrogen-bond donors (Lipinski definition) is 3. The SMILES string of the molecule is CC(CO)Cn1ncc(N)c1NC(C)C. The Bertz CT molecular complexity index is 308. The Labute approximate surface area is 90.3 Å². The number of nitrogen functional groups attached to an aromatic ring is 1. The van der Waals surface area contributed by atoms with Crippen molar-refractivity contribution < 1.29 is 5.11 Å². The van der Waals surface area contributed by atoms with Crippen LogP contribution in [0.15, 0.2) is 6.20 Å². The molecule has 1 unspecified atom stereocenters. The van der Waals surface area contributed by atoms with Crippen LogP contribution in [0.4, 0.5) is 11.5 Å². The lowest BCUT2D eigenvalue weighted by atomic mass is 10.2. The smallest absolute Gasteiger partial charge is 0.147 e. The fourth-order valence-corrected chi connectivity index (χ4v) is 1.32. The topological polar surface area (TPSA) is 76.1 Å². The van der Waals surface area contributed by atoms with Crippen molar-refractivity contribution >= 4 is 11.5 Å². The standard InChI is InChI=1S/C10H20N4O/c1-7(2)13-10-9(11)4-12-14(10)5-8(3)6-15/h4,7-8,13,15H,5-6,11H2,1-3H3. The van der Waals surface area contributed by atoms with Crippen LogP contribution in [-0.4, -0.2) is 27.5 Å². The fourth-order valence-electron chi connectivity index (χ4n) is 1.32. The van der Waals surface area contributed by atoms with Crippen LogP contribution in [0.5, 0.6) is 0 Å². The second-order valence-electron chi connectivity index (χ2n) is 4.22. The number of nitrogens with two attached hydrogens (primary N) is 1. The fraction of sp³-hybridized carbons (Fsp3) is 0.700. The molecular formula is C10H20N4O. The highest BCUT2D eigenvalue weighted by atomic mass is 16.3. The van der Waals surface area contributed by atoms with Crippen molar-refractivity contribution in [1.29, 1.82) is 0 Å². The molecule has 0 aromatic carbocycles. The van der Waals surface area contributed by atoms with E-state index in [1.807, 2.05) is 20.8 Å². The number of anilines is 2. The third-order valence-corrected chi connectivity index (χ3v) is 2.09. The highest BCUT2D eigenvalue weighted by molar-refractivity contribution is 5.60. The lowest BCUT2D eigenvalue weighted by molar-refractivity contribution is 0.219. The van der Waals surface area contributed by atoms with E-state index in [0.717, 1.165) is 5.82 Å². The van der Waals surface area contributed by atoms with Crippen LogP contribution < -0.4 is 11.1 Å². The van der Waals surface area contributed by atoms with E-state index in [-0.39, 0.29) is 12.5 Å². The molecule has 5 nitrogen and oxygen atoms in total. The zero-order valence-corrected chi connectivity index (χ0v) is 9.57. The van der Waals surface area contributed by atoms with Gasteiger partial charge in [0.25, 0.3) is 0 Å². The quantitative estimate of drug-likeness (QED) is 0.678. The van der Waals surface area contributed by atoms with Gasteiger partial charge in [-0.3, -0.25) is 0 Å². The summed E-state index contributed by atoms with van der Waals surface area (Å²) in [6.07, 6.45) is 1.63. The molecule has 15 heavy (non-hydrogen) atoms. The number of hydrogen-bond acceptors (Lipinski definition) is 4. The summed E-state index contributed by atoms with van der Waals surface area (Å²) in [6, 6.07) is 0.312. The molecule has 1 atom stereocenters. The van der Waals surface area contributed by atoms with Crippen molar-refractivity contribution in [3.63, 3.8) is 0 Å². The maximum absolute atomic E-state index is 8.98. The first-order valence-corrected chi connectivity index (χ1v) is 5.23. The summed E-state index contributed by atoms with van der Waals surface area (Å²) in [5.41, 5.74) is 6.45. The largest absolute Gasteiger partial charge is 0.396 e. The maximum atomic E-state index is 8.98. The number of rotatable bonds is 5. The minimum absolute atomic E-state index is 0.154. The zero-order chi connectivity index (χ0) is 11.4. The third kappa shape index (κ3) is 3.13. The summed E-state index contributed by atoms with van der Waals surface area (Å²) in [4.78, 5) is 0. The van der Waals surface area contributed by atoms with E-state index in [9.17, 15) is 0 Å². The van der Waals surface area contributed by atoms with Gasteiger partial charge >= 0.3 is 0 Å². The minimum atomic E-state index is 0.154. The first-order chi connectivity index (χ1) is 7.04. The first kappa shape index (κ1) is 11.8. The molecule has 0 aliphatic rings. The average Bonchev–Trinajstić information content (AvgIpc) is 2.49. The Kier molecular flexibility index (Phi) is 3.96. The molecule has 1 rings (SSSR count). The second-order valence-corrected chi connectivity index (χ2v) is 4.22. The highest BCUT2D eigenvalue weighted by Crippen LogP contribution is 2.19. The molecule has 0 aliphatic heterocycles. The van der Waals surface area contributed by atoms with Crippen molar-refractivity contribution in [2.24, 2.45) is 5.92 Å². The summed E-state index contributed by atoms with van der Waals surface area (Å²) in [6.45, 7) is 6.89. The van der Waals surface area contributed by atoms with E-state index in [1.54, 1.807) is 10.9 Å². The molecule has 0 radical (unpaired) electrons. The van der Waals surface area contributed by atoms with Gasteiger partial charge in [0.15, 0.2) is 0 Å². The molecule has 0 amide bonds. The summed E-state index contributed by atoms with van der Waals surface area (Å²) in [5, 5.41) is 16.4. The van der Waals surface area contributed by atoms with Crippen LogP contribution in [0.1, 0.15) is 20.8 Å². The molecule has 86 valence electrons. The van der Waals surface area contributed by atoms with E-state index in [4.69, 9.17) is 10.8 Å². The summed E-state index contributed by atoms with van der Waals surface area (Å²) < 4.78 is 1.80. The van der Waals surface area contributed by atoms with Crippen LogP contribution >= 0.6 is 0 Å². The van der Waals surface area contributed by atoms with E-state index >= 15 is 0 Å². The molecule has 0 saturated heterocycles. The molecule has 0 aliphatic carbocycles. The third-order valence-electron chi connectivity index (χ3n) is 2.09.